The van der Waals surface area contributed by atoms with E-state index in [9.17, 15) is 4.79 Å². The maximum atomic E-state index is 11.6. The van der Waals surface area contributed by atoms with Gasteiger partial charge in [-0.3, -0.25) is 0 Å². The third-order valence-corrected chi connectivity index (χ3v) is 4.25. The summed E-state index contributed by atoms with van der Waals surface area (Å²) in [6, 6.07) is 16.9. The van der Waals surface area contributed by atoms with Crippen molar-refractivity contribution in [2.45, 2.75) is 6.61 Å². The number of nitrogens with one attached hydrogen (secondary N) is 1. The first-order chi connectivity index (χ1) is 16.3. The zero-order valence-corrected chi connectivity index (χ0v) is 18.9. The molecule has 0 spiro atoms. The van der Waals surface area contributed by atoms with Gasteiger partial charge in [-0.2, -0.15) is 0 Å². The normalized spacial score (nSPS) is 10.7. The van der Waals surface area contributed by atoms with Crippen molar-refractivity contribution in [2.24, 2.45) is 0 Å². The number of hydrogen-bond donors (Lipinski definition) is 2. The van der Waals surface area contributed by atoms with Crippen LogP contribution in [0.4, 0.5) is 10.5 Å². The van der Waals surface area contributed by atoms with Crippen molar-refractivity contribution in [1.29, 1.82) is 0 Å². The zero-order chi connectivity index (χ0) is 23.4. The minimum Gasteiger partial charge on any atom is -0.489 e. The lowest BCUT2D eigenvalue weighted by Gasteiger charge is -2.10. The summed E-state index contributed by atoms with van der Waals surface area (Å²) in [7, 11) is 0. The van der Waals surface area contributed by atoms with E-state index in [2.05, 4.69) is 5.32 Å². The molecule has 0 aliphatic heterocycles. The molecule has 2 rings (SSSR count). The quantitative estimate of drug-likeness (QED) is 0.257. The van der Waals surface area contributed by atoms with Crippen LogP contribution < -0.4 is 15.8 Å². The van der Waals surface area contributed by atoms with Crippen molar-refractivity contribution in [3.8, 4) is 5.75 Å². The van der Waals surface area contributed by atoms with Gasteiger partial charge in [0.05, 0.1) is 58.5 Å². The third kappa shape index (κ3) is 13.3. The van der Waals surface area contributed by atoms with Gasteiger partial charge < -0.3 is 39.5 Å². The molecule has 0 fully saturated rings. The molecule has 0 aliphatic rings. The molecule has 33 heavy (non-hydrogen) atoms. The number of hydrogen-bond acceptors (Lipinski definition) is 8. The number of amides is 1. The van der Waals surface area contributed by atoms with E-state index in [-0.39, 0.29) is 6.61 Å². The largest absolute Gasteiger partial charge is 0.489 e. The Morgan fingerprint density at radius 1 is 0.697 bits per heavy atom. The monoisotopic (exact) mass is 462 g/mol. The molecule has 9 nitrogen and oxygen atoms in total. The topological polar surface area (TPSA) is 111 Å². The summed E-state index contributed by atoms with van der Waals surface area (Å²) in [6.07, 6.45) is -0.465. The fraction of sp³-hybridized carbons (Fsp3) is 0.458. The van der Waals surface area contributed by atoms with Crippen molar-refractivity contribution < 1.29 is 33.2 Å². The number of para-hydroxylation sites is 2. The van der Waals surface area contributed by atoms with Gasteiger partial charge in [0.25, 0.3) is 0 Å². The summed E-state index contributed by atoms with van der Waals surface area (Å²) in [5.41, 5.74) is 7.35. The van der Waals surface area contributed by atoms with Gasteiger partial charge >= 0.3 is 6.09 Å². The summed E-state index contributed by atoms with van der Waals surface area (Å²) >= 11 is 0. The van der Waals surface area contributed by atoms with Crippen LogP contribution in [0.5, 0.6) is 5.75 Å². The van der Waals surface area contributed by atoms with E-state index in [1.807, 2.05) is 48.5 Å². The Bertz CT molecular complexity index is 761. The molecular formula is C24H34N2O7. The third-order valence-electron chi connectivity index (χ3n) is 4.25. The van der Waals surface area contributed by atoms with Crippen LogP contribution in [-0.4, -0.2) is 72.1 Å². The molecule has 2 aromatic carbocycles. The average Bonchev–Trinajstić information content (AvgIpc) is 2.84. The Morgan fingerprint density at radius 2 is 1.24 bits per heavy atom. The SMILES string of the molecule is Nc1ccccc1OCCOCCOCCOCCOCCNC(=O)OCc1ccccc1. The van der Waals surface area contributed by atoms with Crippen molar-refractivity contribution in [2.75, 3.05) is 71.7 Å². The standard InChI is InChI=1S/C24H34N2O7/c25-22-8-4-5-9-23(22)32-19-18-31-17-16-30-15-14-29-13-12-28-11-10-26-24(27)33-20-21-6-2-1-3-7-21/h1-9H,10-20,25H2,(H,26,27). The van der Waals surface area contributed by atoms with E-state index in [0.717, 1.165) is 5.56 Å². The van der Waals surface area contributed by atoms with E-state index in [4.69, 9.17) is 34.2 Å². The van der Waals surface area contributed by atoms with Gasteiger partial charge in [-0.1, -0.05) is 42.5 Å². The second-order valence-corrected chi connectivity index (χ2v) is 6.82. The average molecular weight is 463 g/mol. The van der Waals surface area contributed by atoms with Gasteiger partial charge in [0.15, 0.2) is 0 Å². The molecule has 182 valence electrons. The second kappa shape index (κ2) is 17.7. The fourth-order valence-corrected chi connectivity index (χ4v) is 2.58. The summed E-state index contributed by atoms with van der Waals surface area (Å²) in [5.74, 6) is 0.663. The smallest absolute Gasteiger partial charge is 0.407 e. The summed E-state index contributed by atoms with van der Waals surface area (Å²) < 4.78 is 32.3. The lowest BCUT2D eigenvalue weighted by atomic mass is 10.2. The highest BCUT2D eigenvalue weighted by molar-refractivity contribution is 5.67. The van der Waals surface area contributed by atoms with Crippen LogP contribution in [0.3, 0.4) is 0 Å². The van der Waals surface area contributed by atoms with E-state index in [1.165, 1.54) is 0 Å². The first-order valence-electron chi connectivity index (χ1n) is 11.0. The molecule has 1 amide bonds. The van der Waals surface area contributed by atoms with Gasteiger partial charge in [-0.25, -0.2) is 4.79 Å². The number of benzene rings is 2. The van der Waals surface area contributed by atoms with Crippen LogP contribution >= 0.6 is 0 Å². The molecule has 0 aromatic heterocycles. The number of nitrogens with two attached hydrogens (primary N) is 1. The molecule has 0 saturated heterocycles. The summed E-state index contributed by atoms with van der Waals surface area (Å²) in [4.78, 5) is 11.6. The van der Waals surface area contributed by atoms with Gasteiger partial charge in [-0.15, -0.1) is 0 Å². The van der Waals surface area contributed by atoms with Gasteiger partial charge in [0.1, 0.15) is 19.0 Å². The number of nitrogen functional groups attached to an aromatic ring is 1. The van der Waals surface area contributed by atoms with Gasteiger partial charge in [-0.05, 0) is 17.7 Å². The van der Waals surface area contributed by atoms with Gasteiger partial charge in [0, 0.05) is 6.54 Å². The molecule has 0 radical (unpaired) electrons. The second-order valence-electron chi connectivity index (χ2n) is 6.82. The number of carbonyl (C=O) groups is 1. The molecule has 0 bridgehead atoms. The minimum absolute atomic E-state index is 0.244. The molecule has 2 aromatic rings. The maximum Gasteiger partial charge on any atom is 0.407 e. The Labute approximate surface area is 195 Å². The lowest BCUT2D eigenvalue weighted by molar-refractivity contribution is -0.00426. The van der Waals surface area contributed by atoms with Crippen LogP contribution in [0, 0.1) is 0 Å². The van der Waals surface area contributed by atoms with Crippen LogP contribution in [0.15, 0.2) is 54.6 Å². The van der Waals surface area contributed by atoms with Crippen molar-refractivity contribution in [3.63, 3.8) is 0 Å². The lowest BCUT2D eigenvalue weighted by Crippen LogP contribution is -2.28. The first kappa shape index (κ1) is 26.4. The fourth-order valence-electron chi connectivity index (χ4n) is 2.58. The van der Waals surface area contributed by atoms with Crippen molar-refractivity contribution >= 4 is 11.8 Å². The molecule has 9 heteroatoms. The molecule has 0 atom stereocenters. The summed E-state index contributed by atoms with van der Waals surface area (Å²) in [6.45, 7) is 4.73. The first-order valence-corrected chi connectivity index (χ1v) is 11.0. The predicted octanol–water partition coefficient (Wildman–Crippen LogP) is 2.64. The Kier molecular flexibility index (Phi) is 14.1. The maximum absolute atomic E-state index is 11.6. The number of rotatable bonds is 18. The molecule has 0 saturated carbocycles. The predicted molar refractivity (Wildman–Crippen MR) is 124 cm³/mol. The van der Waals surface area contributed by atoms with Gasteiger partial charge in [0.2, 0.25) is 0 Å². The minimum atomic E-state index is -0.465. The zero-order valence-electron chi connectivity index (χ0n) is 18.9. The highest BCUT2D eigenvalue weighted by atomic mass is 16.6. The van der Waals surface area contributed by atoms with E-state index in [0.29, 0.717) is 77.4 Å². The van der Waals surface area contributed by atoms with Crippen LogP contribution in [0.2, 0.25) is 0 Å². The highest BCUT2D eigenvalue weighted by Gasteiger charge is 2.02. The Balaban J connectivity index is 1.27. The molecular weight excluding hydrogens is 428 g/mol. The Morgan fingerprint density at radius 3 is 1.88 bits per heavy atom. The van der Waals surface area contributed by atoms with Crippen LogP contribution in [0.1, 0.15) is 5.56 Å². The van der Waals surface area contributed by atoms with Crippen LogP contribution in [-0.2, 0) is 30.3 Å². The number of alkyl carbamates (subject to hydrolysis) is 1. The molecule has 3 N–H and O–H groups in total. The number of anilines is 1. The summed E-state index contributed by atoms with van der Waals surface area (Å²) in [5, 5.41) is 2.63. The van der Waals surface area contributed by atoms with Crippen molar-refractivity contribution in [3.05, 3.63) is 60.2 Å². The molecule has 0 aliphatic carbocycles. The number of ether oxygens (including phenoxy) is 6. The highest BCUT2D eigenvalue weighted by Crippen LogP contribution is 2.19. The van der Waals surface area contributed by atoms with Crippen molar-refractivity contribution in [1.82, 2.24) is 5.32 Å². The number of carbonyl (C=O) groups excluding carboxylic acids is 1. The molecule has 0 heterocycles. The van der Waals surface area contributed by atoms with Crippen LogP contribution in [0.25, 0.3) is 0 Å². The van der Waals surface area contributed by atoms with E-state index >= 15 is 0 Å². The van der Waals surface area contributed by atoms with E-state index < -0.39 is 6.09 Å². The van der Waals surface area contributed by atoms with E-state index in [1.54, 1.807) is 6.07 Å². The molecule has 0 unspecified atom stereocenters. The Hall–Kier alpha value is -2.85.